The van der Waals surface area contributed by atoms with Crippen molar-refractivity contribution in [3.8, 4) is 0 Å². The van der Waals surface area contributed by atoms with Crippen molar-refractivity contribution < 1.29 is 5.11 Å². The Kier molecular flexibility index (Phi) is 3.99. The molecule has 0 aromatic heterocycles. The zero-order chi connectivity index (χ0) is 12.5. The van der Waals surface area contributed by atoms with Crippen LogP contribution in [0.4, 0.5) is 0 Å². The van der Waals surface area contributed by atoms with Gasteiger partial charge in [0.15, 0.2) is 0 Å². The van der Waals surface area contributed by atoms with Gasteiger partial charge in [0.05, 0.1) is 15.6 Å². The van der Waals surface area contributed by atoms with Gasteiger partial charge >= 0.3 is 0 Å². The molecule has 0 aliphatic heterocycles. The second-order valence-electron chi connectivity index (χ2n) is 4.70. The van der Waals surface area contributed by atoms with E-state index in [4.69, 9.17) is 23.2 Å². The fraction of sp³-hybridized carbons (Fsp3) is 0.538. The summed E-state index contributed by atoms with van der Waals surface area (Å²) in [5, 5.41) is 14.9. The highest BCUT2D eigenvalue weighted by atomic mass is 35.5. The Labute approximate surface area is 112 Å². The zero-order valence-corrected chi connectivity index (χ0v) is 11.4. The molecule has 0 amide bonds. The summed E-state index contributed by atoms with van der Waals surface area (Å²) < 4.78 is 0. The van der Waals surface area contributed by atoms with E-state index in [-0.39, 0.29) is 0 Å². The molecule has 0 unspecified atom stereocenters. The number of rotatable bonds is 2. The highest BCUT2D eigenvalue weighted by molar-refractivity contribution is 6.42. The average molecular weight is 274 g/mol. The van der Waals surface area contributed by atoms with E-state index in [1.165, 1.54) is 0 Å². The molecule has 0 atom stereocenters. The Morgan fingerprint density at radius 3 is 2.53 bits per heavy atom. The molecule has 1 aromatic rings. The molecule has 2 nitrogen and oxygen atoms in total. The Morgan fingerprint density at radius 1 is 1.29 bits per heavy atom. The Bertz CT molecular complexity index is 400. The number of halogens is 2. The van der Waals surface area contributed by atoms with Crippen LogP contribution < -0.4 is 5.32 Å². The summed E-state index contributed by atoms with van der Waals surface area (Å²) in [5.41, 5.74) is -0.0591. The summed E-state index contributed by atoms with van der Waals surface area (Å²) >= 11 is 12.2. The molecule has 2 N–H and O–H groups in total. The monoisotopic (exact) mass is 273 g/mol. The van der Waals surface area contributed by atoms with Crippen molar-refractivity contribution in [2.45, 2.75) is 37.3 Å². The molecule has 0 heterocycles. The van der Waals surface area contributed by atoms with Gasteiger partial charge in [-0.25, -0.2) is 0 Å². The van der Waals surface area contributed by atoms with E-state index >= 15 is 0 Å². The van der Waals surface area contributed by atoms with Crippen LogP contribution in [0.5, 0.6) is 0 Å². The van der Waals surface area contributed by atoms with Crippen LogP contribution in [-0.4, -0.2) is 18.2 Å². The lowest BCUT2D eigenvalue weighted by molar-refractivity contribution is -0.00752. The summed E-state index contributed by atoms with van der Waals surface area (Å²) in [7, 11) is 1.96. The Balaban J connectivity index is 2.24. The fourth-order valence-corrected chi connectivity index (χ4v) is 2.99. The lowest BCUT2D eigenvalue weighted by Crippen LogP contribution is -2.38. The van der Waals surface area contributed by atoms with Gasteiger partial charge in [-0.3, -0.25) is 0 Å². The summed E-state index contributed by atoms with van der Waals surface area (Å²) in [6.45, 7) is 0. The molecule has 0 radical (unpaired) electrons. The van der Waals surface area contributed by atoms with E-state index < -0.39 is 5.60 Å². The topological polar surface area (TPSA) is 32.3 Å². The second kappa shape index (κ2) is 5.15. The molecular weight excluding hydrogens is 257 g/mol. The first-order valence-corrected chi connectivity index (χ1v) is 6.66. The number of benzene rings is 1. The smallest absolute Gasteiger partial charge is 0.0912 e. The average Bonchev–Trinajstić information content (AvgIpc) is 2.33. The van der Waals surface area contributed by atoms with Crippen molar-refractivity contribution in [1.82, 2.24) is 5.32 Å². The third-order valence-corrected chi connectivity index (χ3v) is 4.49. The lowest BCUT2D eigenvalue weighted by Gasteiger charge is -2.37. The van der Waals surface area contributed by atoms with Gasteiger partial charge in [0.2, 0.25) is 0 Å². The summed E-state index contributed by atoms with van der Waals surface area (Å²) in [5.74, 6) is 0. The molecule has 0 saturated heterocycles. The maximum atomic E-state index is 10.7. The van der Waals surface area contributed by atoms with Gasteiger partial charge in [0.1, 0.15) is 0 Å². The van der Waals surface area contributed by atoms with Crippen molar-refractivity contribution >= 4 is 23.2 Å². The number of hydrogen-bond acceptors (Lipinski definition) is 2. The van der Waals surface area contributed by atoms with Gasteiger partial charge in [-0.15, -0.1) is 0 Å². The molecule has 2 rings (SSSR count). The van der Waals surface area contributed by atoms with E-state index in [1.807, 2.05) is 19.2 Å². The summed E-state index contributed by atoms with van der Waals surface area (Å²) in [6, 6.07) is 5.95. The summed E-state index contributed by atoms with van der Waals surface area (Å²) in [6.07, 6.45) is 3.35. The number of nitrogens with one attached hydrogen (secondary N) is 1. The highest BCUT2D eigenvalue weighted by Gasteiger charge is 2.36. The minimum Gasteiger partial charge on any atom is -0.385 e. The first-order valence-electron chi connectivity index (χ1n) is 5.91. The number of aliphatic hydroxyl groups is 1. The van der Waals surface area contributed by atoms with E-state index in [0.717, 1.165) is 31.2 Å². The predicted octanol–water partition coefficient (Wildman–Crippen LogP) is 3.34. The standard InChI is InChI=1S/C13H17Cl2NO/c1-16-9-5-7-13(17,8-6-9)10-3-2-4-11(14)12(10)15/h2-4,9,16-17H,5-8H2,1H3. The van der Waals surface area contributed by atoms with Gasteiger partial charge in [0.25, 0.3) is 0 Å². The molecule has 1 fully saturated rings. The molecule has 94 valence electrons. The maximum absolute atomic E-state index is 10.7. The van der Waals surface area contributed by atoms with Gasteiger partial charge in [-0.2, -0.15) is 0 Å². The maximum Gasteiger partial charge on any atom is 0.0912 e. The van der Waals surface area contributed by atoms with Gasteiger partial charge in [-0.1, -0.05) is 35.3 Å². The quantitative estimate of drug-likeness (QED) is 0.866. The predicted molar refractivity (Wildman–Crippen MR) is 71.7 cm³/mol. The molecule has 0 spiro atoms. The summed E-state index contributed by atoms with van der Waals surface area (Å²) in [4.78, 5) is 0. The molecule has 17 heavy (non-hydrogen) atoms. The molecule has 1 aliphatic carbocycles. The zero-order valence-electron chi connectivity index (χ0n) is 9.84. The molecule has 0 bridgehead atoms. The van der Waals surface area contributed by atoms with Crippen LogP contribution in [0.3, 0.4) is 0 Å². The Morgan fingerprint density at radius 2 is 1.94 bits per heavy atom. The van der Waals surface area contributed by atoms with Gasteiger partial charge in [-0.05, 0) is 38.8 Å². The Hall–Kier alpha value is -0.280. The van der Waals surface area contributed by atoms with Crippen LogP contribution in [0.15, 0.2) is 18.2 Å². The van der Waals surface area contributed by atoms with Crippen molar-refractivity contribution in [3.05, 3.63) is 33.8 Å². The molecule has 1 saturated carbocycles. The molecular formula is C13H17Cl2NO. The highest BCUT2D eigenvalue weighted by Crippen LogP contribution is 2.41. The molecule has 1 aliphatic rings. The van der Waals surface area contributed by atoms with E-state index in [0.29, 0.717) is 16.1 Å². The van der Waals surface area contributed by atoms with E-state index in [2.05, 4.69) is 5.32 Å². The van der Waals surface area contributed by atoms with Crippen molar-refractivity contribution in [3.63, 3.8) is 0 Å². The van der Waals surface area contributed by atoms with Crippen LogP contribution in [0, 0.1) is 0 Å². The van der Waals surface area contributed by atoms with Crippen molar-refractivity contribution in [2.24, 2.45) is 0 Å². The molecule has 4 heteroatoms. The van der Waals surface area contributed by atoms with Crippen LogP contribution >= 0.6 is 23.2 Å². The van der Waals surface area contributed by atoms with Gasteiger partial charge in [0, 0.05) is 11.6 Å². The van der Waals surface area contributed by atoms with Crippen LogP contribution in [0.1, 0.15) is 31.2 Å². The minimum atomic E-state index is -0.824. The lowest BCUT2D eigenvalue weighted by atomic mass is 9.78. The van der Waals surface area contributed by atoms with Crippen LogP contribution in [0.25, 0.3) is 0 Å². The van der Waals surface area contributed by atoms with Crippen molar-refractivity contribution in [2.75, 3.05) is 7.05 Å². The third kappa shape index (κ3) is 2.60. The normalized spacial score (nSPS) is 29.3. The second-order valence-corrected chi connectivity index (χ2v) is 5.48. The number of hydrogen-bond donors (Lipinski definition) is 2. The third-order valence-electron chi connectivity index (χ3n) is 3.67. The SMILES string of the molecule is CNC1CCC(O)(c2cccc(Cl)c2Cl)CC1. The van der Waals surface area contributed by atoms with E-state index in [9.17, 15) is 5.11 Å². The van der Waals surface area contributed by atoms with Crippen molar-refractivity contribution in [1.29, 1.82) is 0 Å². The minimum absolute atomic E-state index is 0.486. The van der Waals surface area contributed by atoms with Crippen LogP contribution in [0.2, 0.25) is 10.0 Å². The van der Waals surface area contributed by atoms with Gasteiger partial charge < -0.3 is 10.4 Å². The van der Waals surface area contributed by atoms with E-state index in [1.54, 1.807) is 6.07 Å². The van der Waals surface area contributed by atoms with Crippen LogP contribution in [-0.2, 0) is 5.60 Å². The largest absolute Gasteiger partial charge is 0.385 e. The first kappa shape index (κ1) is 13.2. The first-order chi connectivity index (χ1) is 8.07. The molecule has 1 aromatic carbocycles. The fourth-order valence-electron chi connectivity index (χ4n) is 2.52.